The predicted octanol–water partition coefficient (Wildman–Crippen LogP) is 2.02. The molecule has 1 saturated heterocycles. The second kappa shape index (κ2) is 8.89. The van der Waals surface area contributed by atoms with Crippen LogP contribution in [-0.2, 0) is 13.1 Å². The van der Waals surface area contributed by atoms with E-state index in [-0.39, 0.29) is 5.56 Å². The van der Waals surface area contributed by atoms with Crippen molar-refractivity contribution in [1.82, 2.24) is 29.7 Å². The Morgan fingerprint density at radius 3 is 2.84 bits per heavy atom. The Hall–Kier alpha value is -2.56. The summed E-state index contributed by atoms with van der Waals surface area (Å²) in [6, 6.07) is 3.87. The van der Waals surface area contributed by atoms with Crippen molar-refractivity contribution in [2.45, 2.75) is 36.9 Å². The van der Waals surface area contributed by atoms with Crippen LogP contribution in [0.2, 0.25) is 0 Å². The molecule has 0 aromatic carbocycles. The molecule has 0 atom stereocenters. The molecule has 0 spiro atoms. The molecule has 5 rings (SSSR count). The summed E-state index contributed by atoms with van der Waals surface area (Å²) in [4.78, 5) is 28.2. The number of nitrogens with one attached hydrogen (secondary N) is 1. The van der Waals surface area contributed by atoms with Gasteiger partial charge in [-0.15, -0.1) is 0 Å². The van der Waals surface area contributed by atoms with Crippen LogP contribution < -0.4 is 15.6 Å². The first-order valence-electron chi connectivity index (χ1n) is 10.4. The average molecular weight is 443 g/mol. The number of pyridine rings is 2. The first-order chi connectivity index (χ1) is 15.2. The standard InChI is InChI=1S/C21H23FN6O2S/c22-14-7-17-21(25-9-14)26-12-20(29)28(17)6-5-27-3-1-15(2-4-27)23-10-16-8-19-18(11-24-16)30-13-31-19/h7-9,11-12,15,23H,1-6,10,13H2. The summed E-state index contributed by atoms with van der Waals surface area (Å²) in [5.41, 5.74) is 1.62. The molecule has 0 unspecified atom stereocenters. The van der Waals surface area contributed by atoms with Gasteiger partial charge in [0.2, 0.25) is 0 Å². The van der Waals surface area contributed by atoms with Gasteiger partial charge in [-0.2, -0.15) is 0 Å². The van der Waals surface area contributed by atoms with Crippen LogP contribution in [0.15, 0.2) is 40.4 Å². The van der Waals surface area contributed by atoms with Crippen LogP contribution in [0.4, 0.5) is 4.39 Å². The van der Waals surface area contributed by atoms with Gasteiger partial charge in [-0.05, 0) is 32.0 Å². The Morgan fingerprint density at radius 1 is 1.13 bits per heavy atom. The van der Waals surface area contributed by atoms with Gasteiger partial charge in [0.25, 0.3) is 5.56 Å². The Morgan fingerprint density at radius 2 is 1.97 bits per heavy atom. The van der Waals surface area contributed by atoms with Crippen molar-refractivity contribution in [3.8, 4) is 5.75 Å². The molecule has 0 radical (unpaired) electrons. The molecule has 0 bridgehead atoms. The lowest BCUT2D eigenvalue weighted by Crippen LogP contribution is -2.43. The number of thioether (sulfide) groups is 1. The maximum absolute atomic E-state index is 13.6. The monoisotopic (exact) mass is 442 g/mol. The summed E-state index contributed by atoms with van der Waals surface area (Å²) in [6.45, 7) is 3.86. The van der Waals surface area contributed by atoms with E-state index in [1.807, 2.05) is 0 Å². The van der Waals surface area contributed by atoms with E-state index in [4.69, 9.17) is 4.74 Å². The van der Waals surface area contributed by atoms with Gasteiger partial charge in [0.1, 0.15) is 11.8 Å². The van der Waals surface area contributed by atoms with Crippen LogP contribution in [-0.4, -0.2) is 56.0 Å². The number of nitrogens with zero attached hydrogens (tertiary/aromatic N) is 5. The minimum absolute atomic E-state index is 0.234. The summed E-state index contributed by atoms with van der Waals surface area (Å²) in [7, 11) is 0. The second-order valence-electron chi connectivity index (χ2n) is 7.77. The molecular formula is C21H23FN6O2S. The number of ether oxygens (including phenoxy) is 1. The molecule has 8 nitrogen and oxygen atoms in total. The highest BCUT2D eigenvalue weighted by molar-refractivity contribution is 7.99. The fourth-order valence-electron chi connectivity index (χ4n) is 4.05. The summed E-state index contributed by atoms with van der Waals surface area (Å²) in [5, 5.41) is 3.61. The minimum Gasteiger partial charge on any atom is -0.480 e. The molecule has 3 aromatic rings. The highest BCUT2D eigenvalue weighted by Crippen LogP contribution is 2.35. The molecule has 162 valence electrons. The van der Waals surface area contributed by atoms with E-state index in [2.05, 4.69) is 31.2 Å². The van der Waals surface area contributed by atoms with Crippen LogP contribution in [0.5, 0.6) is 5.75 Å². The van der Waals surface area contributed by atoms with Crippen molar-refractivity contribution in [2.75, 3.05) is 25.6 Å². The number of hydrogen-bond acceptors (Lipinski definition) is 8. The number of fused-ring (bicyclic) bond motifs is 2. The molecule has 2 aliphatic rings. The first-order valence-corrected chi connectivity index (χ1v) is 11.4. The van der Waals surface area contributed by atoms with Crippen molar-refractivity contribution >= 4 is 22.9 Å². The van der Waals surface area contributed by atoms with Gasteiger partial charge in [-0.25, -0.2) is 14.4 Å². The fourth-order valence-corrected chi connectivity index (χ4v) is 4.83. The van der Waals surface area contributed by atoms with Crippen molar-refractivity contribution < 1.29 is 9.13 Å². The molecule has 1 N–H and O–H groups in total. The summed E-state index contributed by atoms with van der Waals surface area (Å²) in [5.74, 6) is 1.07. The van der Waals surface area contributed by atoms with Crippen LogP contribution in [0.25, 0.3) is 11.2 Å². The zero-order valence-electron chi connectivity index (χ0n) is 17.0. The normalized spacial score (nSPS) is 17.1. The van der Waals surface area contributed by atoms with Crippen LogP contribution >= 0.6 is 11.8 Å². The molecule has 0 amide bonds. The first kappa shape index (κ1) is 20.3. The van der Waals surface area contributed by atoms with E-state index in [0.717, 1.165) is 61.6 Å². The van der Waals surface area contributed by atoms with E-state index in [1.54, 1.807) is 22.5 Å². The number of piperidine rings is 1. The van der Waals surface area contributed by atoms with Gasteiger partial charge in [-0.1, -0.05) is 11.8 Å². The highest BCUT2D eigenvalue weighted by atomic mass is 32.2. The molecule has 0 aliphatic carbocycles. The minimum atomic E-state index is -0.468. The second-order valence-corrected chi connectivity index (χ2v) is 8.73. The van der Waals surface area contributed by atoms with Gasteiger partial charge < -0.3 is 19.5 Å². The Balaban J connectivity index is 1.13. The lowest BCUT2D eigenvalue weighted by atomic mass is 10.0. The van der Waals surface area contributed by atoms with E-state index in [9.17, 15) is 9.18 Å². The summed E-state index contributed by atoms with van der Waals surface area (Å²) < 4.78 is 20.7. The Bertz CT molecular complexity index is 1150. The van der Waals surface area contributed by atoms with Gasteiger partial charge >= 0.3 is 0 Å². The summed E-state index contributed by atoms with van der Waals surface area (Å²) >= 11 is 1.70. The lowest BCUT2D eigenvalue weighted by Gasteiger charge is -2.32. The van der Waals surface area contributed by atoms with Crippen LogP contribution in [0.3, 0.4) is 0 Å². The molecule has 10 heteroatoms. The third-order valence-electron chi connectivity index (χ3n) is 5.78. The SMILES string of the molecule is O=c1cnc2ncc(F)cc2n1CCN1CCC(NCc2cc3c(cn2)OCS3)CC1. The zero-order valence-corrected chi connectivity index (χ0v) is 17.8. The molecular weight excluding hydrogens is 419 g/mol. The molecule has 1 fully saturated rings. The molecule has 2 aliphatic heterocycles. The van der Waals surface area contributed by atoms with Crippen molar-refractivity contribution in [1.29, 1.82) is 0 Å². The van der Waals surface area contributed by atoms with Crippen molar-refractivity contribution in [3.63, 3.8) is 0 Å². The molecule has 0 saturated carbocycles. The largest absolute Gasteiger partial charge is 0.480 e. The predicted molar refractivity (Wildman–Crippen MR) is 116 cm³/mol. The maximum atomic E-state index is 13.6. The zero-order chi connectivity index (χ0) is 21.2. The summed E-state index contributed by atoms with van der Waals surface area (Å²) in [6.07, 6.45) is 6.24. The quantitative estimate of drug-likeness (QED) is 0.621. The number of hydrogen-bond donors (Lipinski definition) is 1. The fraction of sp³-hybridized carbons (Fsp3) is 0.429. The number of aromatic nitrogens is 4. The number of rotatable bonds is 6. The molecule has 5 heterocycles. The average Bonchev–Trinajstić information content (AvgIpc) is 3.26. The molecule has 3 aromatic heterocycles. The smallest absolute Gasteiger partial charge is 0.269 e. The highest BCUT2D eigenvalue weighted by Gasteiger charge is 2.20. The molecule has 31 heavy (non-hydrogen) atoms. The van der Waals surface area contributed by atoms with Crippen molar-refractivity contribution in [3.05, 3.63) is 52.6 Å². The number of likely N-dealkylation sites (tertiary alicyclic amines) is 1. The van der Waals surface area contributed by atoms with Gasteiger partial charge in [0.15, 0.2) is 11.4 Å². The van der Waals surface area contributed by atoms with E-state index in [1.165, 1.54) is 12.3 Å². The van der Waals surface area contributed by atoms with Crippen LogP contribution in [0, 0.1) is 5.82 Å². The van der Waals surface area contributed by atoms with Crippen molar-refractivity contribution in [2.24, 2.45) is 0 Å². The maximum Gasteiger partial charge on any atom is 0.269 e. The van der Waals surface area contributed by atoms with Gasteiger partial charge in [0.05, 0.1) is 34.7 Å². The topological polar surface area (TPSA) is 85.2 Å². The Kier molecular flexibility index (Phi) is 5.84. The third-order valence-corrected chi connectivity index (χ3v) is 6.65. The van der Waals surface area contributed by atoms with Gasteiger partial charge in [-0.3, -0.25) is 9.78 Å². The van der Waals surface area contributed by atoms with Gasteiger partial charge in [0, 0.05) is 31.7 Å². The van der Waals surface area contributed by atoms with E-state index in [0.29, 0.717) is 29.7 Å². The van der Waals surface area contributed by atoms with E-state index < -0.39 is 5.82 Å². The third kappa shape index (κ3) is 4.56. The van der Waals surface area contributed by atoms with E-state index >= 15 is 0 Å². The lowest BCUT2D eigenvalue weighted by molar-refractivity contribution is 0.191. The number of halogens is 1. The Labute approximate surface area is 182 Å². The van der Waals surface area contributed by atoms with Crippen LogP contribution in [0.1, 0.15) is 18.5 Å².